The number of aromatic nitrogens is 4. The van der Waals surface area contributed by atoms with E-state index in [1.165, 1.54) is 11.8 Å². The fourth-order valence-corrected chi connectivity index (χ4v) is 4.07. The van der Waals surface area contributed by atoms with Crippen LogP contribution in [-0.2, 0) is 6.42 Å². The quantitative estimate of drug-likeness (QED) is 0.685. The Morgan fingerprint density at radius 3 is 2.58 bits per heavy atom. The van der Waals surface area contributed by atoms with Gasteiger partial charge in [0.1, 0.15) is 0 Å². The van der Waals surface area contributed by atoms with Gasteiger partial charge in [-0.25, -0.2) is 0 Å². The van der Waals surface area contributed by atoms with Crippen molar-refractivity contribution in [1.82, 2.24) is 20.2 Å². The molecule has 7 nitrogen and oxygen atoms in total. The van der Waals surface area contributed by atoms with Gasteiger partial charge in [0, 0.05) is 5.56 Å². The van der Waals surface area contributed by atoms with E-state index in [1.54, 1.807) is 25.0 Å². The van der Waals surface area contributed by atoms with Crippen LogP contribution in [0.2, 0.25) is 0 Å². The molecule has 1 aromatic heterocycles. The molecule has 3 aromatic rings. The molecule has 0 unspecified atom stereocenters. The normalized spacial score (nSPS) is 15.8. The van der Waals surface area contributed by atoms with E-state index in [4.69, 9.17) is 9.47 Å². The number of hydrogen-bond donors (Lipinski definition) is 0. The predicted octanol–water partition coefficient (Wildman–Crippen LogP) is 2.58. The van der Waals surface area contributed by atoms with Crippen molar-refractivity contribution in [2.45, 2.75) is 16.8 Å². The van der Waals surface area contributed by atoms with E-state index in [0.29, 0.717) is 28.6 Å². The van der Waals surface area contributed by atoms with Gasteiger partial charge < -0.3 is 9.47 Å². The van der Waals surface area contributed by atoms with Crippen LogP contribution in [0.15, 0.2) is 47.6 Å². The van der Waals surface area contributed by atoms with E-state index in [9.17, 15) is 4.79 Å². The average molecular weight is 368 g/mol. The number of thioether (sulfide) groups is 1. The van der Waals surface area contributed by atoms with Gasteiger partial charge in [0.2, 0.25) is 5.16 Å². The third kappa shape index (κ3) is 2.82. The monoisotopic (exact) mass is 368 g/mol. The van der Waals surface area contributed by atoms with Gasteiger partial charge in [0.25, 0.3) is 0 Å². The number of ether oxygens (including phenoxy) is 2. The molecule has 0 fully saturated rings. The van der Waals surface area contributed by atoms with Crippen LogP contribution in [0, 0.1) is 0 Å². The van der Waals surface area contributed by atoms with E-state index in [0.717, 1.165) is 11.3 Å². The number of carbonyl (C=O) groups excluding carboxylic acids is 1. The number of rotatable bonds is 5. The number of methoxy groups -OCH3 is 2. The largest absolute Gasteiger partial charge is 0.493 e. The lowest BCUT2D eigenvalue weighted by Gasteiger charge is -2.09. The number of tetrazole rings is 1. The first-order valence-corrected chi connectivity index (χ1v) is 8.89. The molecule has 1 atom stereocenters. The van der Waals surface area contributed by atoms with Gasteiger partial charge in [-0.1, -0.05) is 30.0 Å². The Morgan fingerprint density at radius 2 is 1.85 bits per heavy atom. The highest BCUT2D eigenvalue weighted by molar-refractivity contribution is 8.00. The minimum absolute atomic E-state index is 0.0496. The fourth-order valence-electron chi connectivity index (χ4n) is 2.99. The second kappa shape index (κ2) is 6.80. The minimum atomic E-state index is -0.282. The number of Topliss-reactive ketones (excluding diaryl/α,β-unsaturated/α-hetero) is 1. The van der Waals surface area contributed by atoms with Gasteiger partial charge >= 0.3 is 0 Å². The van der Waals surface area contributed by atoms with Gasteiger partial charge in [-0.3, -0.25) is 4.79 Å². The first-order chi connectivity index (χ1) is 12.7. The molecular formula is C18H16N4O3S. The molecule has 0 saturated heterocycles. The second-order valence-electron chi connectivity index (χ2n) is 5.75. The Kier molecular flexibility index (Phi) is 4.34. The molecule has 1 heterocycles. The lowest BCUT2D eigenvalue weighted by Crippen LogP contribution is -2.13. The highest BCUT2D eigenvalue weighted by atomic mass is 32.2. The van der Waals surface area contributed by atoms with Crippen LogP contribution in [0.5, 0.6) is 11.5 Å². The third-order valence-electron chi connectivity index (χ3n) is 4.26. The SMILES string of the molecule is COc1cc2c(cc1OC)C(=O)[C@H](Sc1nnnn1-c1ccccc1)C2. The zero-order valence-electron chi connectivity index (χ0n) is 14.2. The van der Waals surface area contributed by atoms with Crippen molar-refractivity contribution < 1.29 is 14.3 Å². The zero-order valence-corrected chi connectivity index (χ0v) is 15.1. The average Bonchev–Trinajstić information content (AvgIpc) is 3.26. The summed E-state index contributed by atoms with van der Waals surface area (Å²) in [6, 6.07) is 13.2. The first kappa shape index (κ1) is 16.6. The summed E-state index contributed by atoms with van der Waals surface area (Å²) >= 11 is 1.37. The fraction of sp³-hybridized carbons (Fsp3) is 0.222. The smallest absolute Gasteiger partial charge is 0.214 e. The van der Waals surface area contributed by atoms with Gasteiger partial charge in [-0.15, -0.1) is 5.10 Å². The maximum atomic E-state index is 12.8. The molecule has 0 saturated carbocycles. The molecular weight excluding hydrogens is 352 g/mol. The number of fused-ring (bicyclic) bond motifs is 1. The zero-order chi connectivity index (χ0) is 18.1. The molecule has 0 N–H and O–H groups in total. The molecule has 132 valence electrons. The molecule has 8 heteroatoms. The van der Waals surface area contributed by atoms with Gasteiger partial charge in [0.15, 0.2) is 17.3 Å². The number of ketones is 1. The standard InChI is InChI=1S/C18H16N4O3S/c1-24-14-8-11-9-16(17(23)13(11)10-15(14)25-2)26-18-19-20-21-22(18)12-6-4-3-5-7-12/h3-8,10,16H,9H2,1-2H3/t16-/m1/s1. The lowest BCUT2D eigenvalue weighted by atomic mass is 10.1. The Bertz CT molecular complexity index is 958. The summed E-state index contributed by atoms with van der Waals surface area (Å²) in [5.74, 6) is 1.23. The van der Waals surface area contributed by atoms with Gasteiger partial charge in [-0.2, -0.15) is 4.68 Å². The maximum Gasteiger partial charge on any atom is 0.214 e. The van der Waals surface area contributed by atoms with Gasteiger partial charge in [-0.05, 0) is 46.7 Å². The topological polar surface area (TPSA) is 79.1 Å². The molecule has 1 aliphatic carbocycles. The van der Waals surface area contributed by atoms with Crippen molar-refractivity contribution in [2.24, 2.45) is 0 Å². The van der Waals surface area contributed by atoms with Crippen LogP contribution in [0.1, 0.15) is 15.9 Å². The van der Waals surface area contributed by atoms with E-state index in [-0.39, 0.29) is 11.0 Å². The summed E-state index contributed by atoms with van der Waals surface area (Å²) in [6.07, 6.45) is 0.598. The summed E-state index contributed by atoms with van der Waals surface area (Å²) in [7, 11) is 3.14. The summed E-state index contributed by atoms with van der Waals surface area (Å²) in [5, 5.41) is 12.2. The van der Waals surface area contributed by atoms with Crippen molar-refractivity contribution in [3.05, 3.63) is 53.6 Å². The van der Waals surface area contributed by atoms with E-state index in [2.05, 4.69) is 15.5 Å². The first-order valence-electron chi connectivity index (χ1n) is 8.01. The van der Waals surface area contributed by atoms with Crippen molar-refractivity contribution in [2.75, 3.05) is 14.2 Å². The number of nitrogens with zero attached hydrogens (tertiary/aromatic N) is 4. The maximum absolute atomic E-state index is 12.8. The van der Waals surface area contributed by atoms with Crippen LogP contribution in [0.3, 0.4) is 0 Å². The van der Waals surface area contributed by atoms with Crippen LogP contribution >= 0.6 is 11.8 Å². The molecule has 26 heavy (non-hydrogen) atoms. The molecule has 0 amide bonds. The summed E-state index contributed by atoms with van der Waals surface area (Å²) in [6.45, 7) is 0. The van der Waals surface area contributed by atoms with E-state index in [1.807, 2.05) is 36.4 Å². The van der Waals surface area contributed by atoms with Crippen molar-refractivity contribution in [1.29, 1.82) is 0 Å². The predicted molar refractivity (Wildman–Crippen MR) is 96.4 cm³/mol. The summed E-state index contributed by atoms with van der Waals surface area (Å²) < 4.78 is 12.3. The molecule has 2 aromatic carbocycles. The van der Waals surface area contributed by atoms with Crippen LogP contribution in [0.4, 0.5) is 0 Å². The van der Waals surface area contributed by atoms with E-state index < -0.39 is 0 Å². The number of benzene rings is 2. The van der Waals surface area contributed by atoms with Crippen LogP contribution in [-0.4, -0.2) is 45.5 Å². The molecule has 0 aliphatic heterocycles. The van der Waals surface area contributed by atoms with Crippen LogP contribution in [0.25, 0.3) is 5.69 Å². The van der Waals surface area contributed by atoms with Gasteiger partial charge in [0.05, 0.1) is 25.2 Å². The Hall–Kier alpha value is -2.87. The minimum Gasteiger partial charge on any atom is -0.493 e. The third-order valence-corrected chi connectivity index (χ3v) is 5.39. The number of carbonyl (C=O) groups is 1. The molecule has 0 radical (unpaired) electrons. The van der Waals surface area contributed by atoms with Crippen molar-refractivity contribution >= 4 is 17.5 Å². The number of hydrogen-bond acceptors (Lipinski definition) is 7. The highest BCUT2D eigenvalue weighted by Gasteiger charge is 2.34. The van der Waals surface area contributed by atoms with Crippen molar-refractivity contribution in [3.63, 3.8) is 0 Å². The summed E-state index contributed by atoms with van der Waals surface area (Å²) in [4.78, 5) is 12.8. The molecule has 0 bridgehead atoms. The number of para-hydroxylation sites is 1. The Labute approximate surface area is 154 Å². The Morgan fingerprint density at radius 1 is 1.12 bits per heavy atom. The highest BCUT2D eigenvalue weighted by Crippen LogP contribution is 2.39. The van der Waals surface area contributed by atoms with Crippen LogP contribution < -0.4 is 9.47 Å². The Balaban J connectivity index is 1.62. The molecule has 0 spiro atoms. The van der Waals surface area contributed by atoms with E-state index >= 15 is 0 Å². The molecule has 1 aliphatic rings. The summed E-state index contributed by atoms with van der Waals surface area (Å²) in [5.41, 5.74) is 2.47. The second-order valence-corrected chi connectivity index (χ2v) is 6.92. The lowest BCUT2D eigenvalue weighted by molar-refractivity contribution is 0.1000. The molecule has 4 rings (SSSR count). The van der Waals surface area contributed by atoms with Crippen molar-refractivity contribution in [3.8, 4) is 17.2 Å².